The van der Waals surface area contributed by atoms with Crippen molar-refractivity contribution in [3.8, 4) is 11.5 Å². The quantitative estimate of drug-likeness (QED) is 0.651. The Kier molecular flexibility index (Phi) is 5.35. The summed E-state index contributed by atoms with van der Waals surface area (Å²) in [7, 11) is 1.63. The van der Waals surface area contributed by atoms with E-state index >= 15 is 0 Å². The van der Waals surface area contributed by atoms with Crippen molar-refractivity contribution in [3.05, 3.63) is 64.2 Å². The van der Waals surface area contributed by atoms with Gasteiger partial charge in [-0.3, -0.25) is 14.3 Å². The third-order valence-electron chi connectivity index (χ3n) is 5.04. The minimum Gasteiger partial charge on any atom is -0.368 e. The van der Waals surface area contributed by atoms with Crippen LogP contribution in [0.25, 0.3) is 11.5 Å². The van der Waals surface area contributed by atoms with Gasteiger partial charge in [-0.15, -0.1) is 5.10 Å². The highest BCUT2D eigenvalue weighted by molar-refractivity contribution is 6.30. The Bertz CT molecular complexity index is 1050. The largest absolute Gasteiger partial charge is 0.368 e. The molecule has 1 aliphatic heterocycles. The molecule has 0 N–H and O–H groups in total. The standard InChI is InChI=1S/C20H21ClN6O2/c1-24-19(17-4-2-3-9-22-17)23-27(20(24)29)14-18(28)26-12-10-25(11-13-26)16-7-5-15(21)6-8-16/h2-9H,10-14H2,1H3. The number of piperazine rings is 1. The molecule has 1 fully saturated rings. The third kappa shape index (κ3) is 4.02. The lowest BCUT2D eigenvalue weighted by atomic mass is 10.2. The second-order valence-corrected chi connectivity index (χ2v) is 7.32. The molecular formula is C20H21ClN6O2. The molecule has 29 heavy (non-hydrogen) atoms. The summed E-state index contributed by atoms with van der Waals surface area (Å²) in [6, 6.07) is 13.1. The summed E-state index contributed by atoms with van der Waals surface area (Å²) < 4.78 is 2.62. The van der Waals surface area contributed by atoms with Gasteiger partial charge in [0.25, 0.3) is 0 Å². The number of carbonyl (C=O) groups is 1. The number of benzene rings is 1. The number of nitrogens with zero attached hydrogens (tertiary/aromatic N) is 6. The molecule has 4 rings (SSSR count). The van der Waals surface area contributed by atoms with E-state index in [0.29, 0.717) is 29.6 Å². The van der Waals surface area contributed by atoms with E-state index in [1.165, 1.54) is 9.25 Å². The molecule has 0 aliphatic carbocycles. The van der Waals surface area contributed by atoms with Crippen molar-refractivity contribution >= 4 is 23.2 Å². The van der Waals surface area contributed by atoms with Crippen LogP contribution in [0.3, 0.4) is 0 Å². The maximum absolute atomic E-state index is 12.7. The minimum absolute atomic E-state index is 0.0829. The number of hydrogen-bond acceptors (Lipinski definition) is 5. The van der Waals surface area contributed by atoms with Crippen LogP contribution in [0.5, 0.6) is 0 Å². The molecule has 0 spiro atoms. The summed E-state index contributed by atoms with van der Waals surface area (Å²) in [5.41, 5.74) is 1.34. The average molecular weight is 413 g/mol. The van der Waals surface area contributed by atoms with E-state index in [1.54, 1.807) is 30.3 Å². The van der Waals surface area contributed by atoms with Crippen molar-refractivity contribution in [3.63, 3.8) is 0 Å². The van der Waals surface area contributed by atoms with E-state index in [4.69, 9.17) is 11.6 Å². The molecule has 0 atom stereocenters. The Hall–Kier alpha value is -3.13. The molecule has 2 aromatic heterocycles. The van der Waals surface area contributed by atoms with Gasteiger partial charge in [-0.05, 0) is 36.4 Å². The summed E-state index contributed by atoms with van der Waals surface area (Å²) in [6.07, 6.45) is 1.64. The van der Waals surface area contributed by atoms with E-state index in [1.807, 2.05) is 30.3 Å². The Balaban J connectivity index is 1.42. The number of halogens is 1. The number of pyridine rings is 1. The first-order valence-electron chi connectivity index (χ1n) is 9.36. The Morgan fingerprint density at radius 2 is 1.79 bits per heavy atom. The summed E-state index contributed by atoms with van der Waals surface area (Å²) in [5, 5.41) is 5.02. The van der Waals surface area contributed by atoms with Gasteiger partial charge in [-0.1, -0.05) is 17.7 Å². The van der Waals surface area contributed by atoms with Gasteiger partial charge in [0.1, 0.15) is 12.2 Å². The fourth-order valence-corrected chi connectivity index (χ4v) is 3.53. The summed E-state index contributed by atoms with van der Waals surface area (Å²) in [5.74, 6) is 0.324. The normalized spacial score (nSPS) is 14.3. The third-order valence-corrected chi connectivity index (χ3v) is 5.30. The lowest BCUT2D eigenvalue weighted by Crippen LogP contribution is -2.50. The summed E-state index contributed by atoms with van der Waals surface area (Å²) in [4.78, 5) is 33.4. The first-order valence-corrected chi connectivity index (χ1v) is 9.74. The number of carbonyl (C=O) groups excluding carboxylic acids is 1. The van der Waals surface area contributed by atoms with E-state index in [2.05, 4.69) is 15.0 Å². The summed E-state index contributed by atoms with van der Waals surface area (Å²) in [6.45, 7) is 2.56. The number of hydrogen-bond donors (Lipinski definition) is 0. The van der Waals surface area contributed by atoms with Crippen molar-refractivity contribution in [2.24, 2.45) is 7.05 Å². The van der Waals surface area contributed by atoms with Gasteiger partial charge in [-0.2, -0.15) is 0 Å². The van der Waals surface area contributed by atoms with Gasteiger partial charge in [0, 0.05) is 50.1 Å². The van der Waals surface area contributed by atoms with Crippen LogP contribution in [0.1, 0.15) is 0 Å². The van der Waals surface area contributed by atoms with Crippen LogP contribution in [-0.4, -0.2) is 56.3 Å². The van der Waals surface area contributed by atoms with Crippen LogP contribution in [0.4, 0.5) is 5.69 Å². The molecule has 8 nitrogen and oxygen atoms in total. The zero-order valence-electron chi connectivity index (χ0n) is 16.0. The molecule has 0 bridgehead atoms. The Morgan fingerprint density at radius 1 is 1.07 bits per heavy atom. The number of aromatic nitrogens is 4. The van der Waals surface area contributed by atoms with Crippen molar-refractivity contribution in [2.45, 2.75) is 6.54 Å². The number of amides is 1. The SMILES string of the molecule is Cn1c(-c2ccccn2)nn(CC(=O)N2CCN(c3ccc(Cl)cc3)CC2)c1=O. The van der Waals surface area contributed by atoms with Crippen molar-refractivity contribution in [2.75, 3.05) is 31.1 Å². The molecule has 150 valence electrons. The smallest absolute Gasteiger partial charge is 0.346 e. The molecule has 9 heteroatoms. The second kappa shape index (κ2) is 8.08. The van der Waals surface area contributed by atoms with Crippen molar-refractivity contribution in [1.29, 1.82) is 0 Å². The van der Waals surface area contributed by atoms with E-state index in [9.17, 15) is 9.59 Å². The maximum atomic E-state index is 12.7. The van der Waals surface area contributed by atoms with Gasteiger partial charge >= 0.3 is 5.69 Å². The molecule has 1 aliphatic rings. The van der Waals surface area contributed by atoms with Gasteiger partial charge in [-0.25, -0.2) is 9.48 Å². The van der Waals surface area contributed by atoms with Gasteiger partial charge in [0.2, 0.25) is 5.91 Å². The number of anilines is 1. The zero-order valence-corrected chi connectivity index (χ0v) is 16.8. The van der Waals surface area contributed by atoms with Crippen LogP contribution in [0, 0.1) is 0 Å². The van der Waals surface area contributed by atoms with Crippen LogP contribution in [0.2, 0.25) is 5.02 Å². The molecule has 1 saturated heterocycles. The Morgan fingerprint density at radius 3 is 2.45 bits per heavy atom. The average Bonchev–Trinajstić information content (AvgIpc) is 3.03. The minimum atomic E-state index is -0.334. The molecule has 0 unspecified atom stereocenters. The molecule has 1 aromatic carbocycles. The maximum Gasteiger partial charge on any atom is 0.346 e. The highest BCUT2D eigenvalue weighted by atomic mass is 35.5. The lowest BCUT2D eigenvalue weighted by Gasteiger charge is -2.36. The van der Waals surface area contributed by atoms with E-state index < -0.39 is 0 Å². The molecule has 1 amide bonds. The molecule has 0 saturated carbocycles. The predicted molar refractivity (Wildman–Crippen MR) is 111 cm³/mol. The summed E-state index contributed by atoms with van der Waals surface area (Å²) >= 11 is 5.95. The van der Waals surface area contributed by atoms with Gasteiger partial charge in [0.15, 0.2) is 5.82 Å². The first-order chi connectivity index (χ1) is 14.0. The monoisotopic (exact) mass is 412 g/mol. The fraction of sp³-hybridized carbons (Fsp3) is 0.300. The van der Waals surface area contributed by atoms with Crippen LogP contribution < -0.4 is 10.6 Å². The molecule has 3 aromatic rings. The number of rotatable bonds is 4. The van der Waals surface area contributed by atoms with Gasteiger partial charge in [0.05, 0.1) is 0 Å². The van der Waals surface area contributed by atoms with E-state index in [0.717, 1.165) is 18.8 Å². The molecule has 0 radical (unpaired) electrons. The predicted octanol–water partition coefficient (Wildman–Crippen LogP) is 1.65. The molecule has 3 heterocycles. The highest BCUT2D eigenvalue weighted by Gasteiger charge is 2.23. The molecular weight excluding hydrogens is 392 g/mol. The van der Waals surface area contributed by atoms with Crippen LogP contribution >= 0.6 is 11.6 Å². The second-order valence-electron chi connectivity index (χ2n) is 6.88. The first kappa shape index (κ1) is 19.2. The van der Waals surface area contributed by atoms with Crippen molar-refractivity contribution in [1.82, 2.24) is 24.2 Å². The van der Waals surface area contributed by atoms with Crippen LogP contribution in [0.15, 0.2) is 53.5 Å². The topological polar surface area (TPSA) is 76.3 Å². The lowest BCUT2D eigenvalue weighted by molar-refractivity contribution is -0.132. The van der Waals surface area contributed by atoms with E-state index in [-0.39, 0.29) is 18.1 Å². The van der Waals surface area contributed by atoms with Gasteiger partial charge < -0.3 is 9.80 Å². The van der Waals surface area contributed by atoms with Crippen molar-refractivity contribution < 1.29 is 4.79 Å². The Labute approximate surface area is 172 Å². The van der Waals surface area contributed by atoms with Crippen LogP contribution in [-0.2, 0) is 18.4 Å². The fourth-order valence-electron chi connectivity index (χ4n) is 3.40. The highest BCUT2D eigenvalue weighted by Crippen LogP contribution is 2.19. The zero-order chi connectivity index (χ0) is 20.4.